The standard InChI is InChI=1S/C17H30N2O/c1-6-10-20-16-9-7-8-15(17(16)18)19(11-13(2)3)12-14(4)5/h7-9,13-14H,6,10-12,18H2,1-5H3. The van der Waals surface area contributed by atoms with Crippen LogP contribution in [0.3, 0.4) is 0 Å². The third-order valence-corrected chi connectivity index (χ3v) is 3.02. The zero-order valence-electron chi connectivity index (χ0n) is 13.6. The molecule has 0 atom stereocenters. The zero-order chi connectivity index (χ0) is 15.1. The third-order valence-electron chi connectivity index (χ3n) is 3.02. The van der Waals surface area contributed by atoms with Crippen LogP contribution in [0.15, 0.2) is 18.2 Å². The molecule has 20 heavy (non-hydrogen) atoms. The van der Waals surface area contributed by atoms with Crippen molar-refractivity contribution in [3.8, 4) is 5.75 Å². The normalized spacial score (nSPS) is 11.2. The lowest BCUT2D eigenvalue weighted by molar-refractivity contribution is 0.319. The van der Waals surface area contributed by atoms with E-state index in [-0.39, 0.29) is 0 Å². The molecular weight excluding hydrogens is 248 g/mol. The van der Waals surface area contributed by atoms with Crippen LogP contribution in [-0.4, -0.2) is 19.7 Å². The van der Waals surface area contributed by atoms with Gasteiger partial charge < -0.3 is 15.4 Å². The fourth-order valence-corrected chi connectivity index (χ4v) is 2.30. The maximum absolute atomic E-state index is 6.31. The lowest BCUT2D eigenvalue weighted by atomic mass is 10.1. The van der Waals surface area contributed by atoms with Gasteiger partial charge in [-0.3, -0.25) is 0 Å². The minimum absolute atomic E-state index is 0.605. The monoisotopic (exact) mass is 278 g/mol. The second-order valence-corrected chi connectivity index (χ2v) is 6.23. The van der Waals surface area contributed by atoms with Crippen LogP contribution in [0.1, 0.15) is 41.0 Å². The topological polar surface area (TPSA) is 38.5 Å². The quantitative estimate of drug-likeness (QED) is 0.725. The van der Waals surface area contributed by atoms with E-state index in [1.54, 1.807) is 0 Å². The predicted molar refractivity (Wildman–Crippen MR) is 88.5 cm³/mol. The van der Waals surface area contributed by atoms with Crippen molar-refractivity contribution >= 4 is 11.4 Å². The lowest BCUT2D eigenvalue weighted by Crippen LogP contribution is -2.32. The van der Waals surface area contributed by atoms with E-state index in [1.807, 2.05) is 12.1 Å². The van der Waals surface area contributed by atoms with E-state index in [4.69, 9.17) is 10.5 Å². The third kappa shape index (κ3) is 4.95. The van der Waals surface area contributed by atoms with E-state index in [9.17, 15) is 0 Å². The number of para-hydroxylation sites is 1. The second-order valence-electron chi connectivity index (χ2n) is 6.23. The largest absolute Gasteiger partial charge is 0.491 e. The molecule has 0 aliphatic heterocycles. The molecule has 2 N–H and O–H groups in total. The number of nitrogens with two attached hydrogens (primary N) is 1. The number of anilines is 2. The van der Waals surface area contributed by atoms with Crippen molar-refractivity contribution in [2.75, 3.05) is 30.3 Å². The number of hydrogen-bond donors (Lipinski definition) is 1. The van der Waals surface area contributed by atoms with Gasteiger partial charge in [0.2, 0.25) is 0 Å². The minimum Gasteiger partial charge on any atom is -0.491 e. The van der Waals surface area contributed by atoms with Crippen molar-refractivity contribution in [2.24, 2.45) is 11.8 Å². The Morgan fingerprint density at radius 3 is 2.20 bits per heavy atom. The summed E-state index contributed by atoms with van der Waals surface area (Å²) < 4.78 is 5.74. The first kappa shape index (κ1) is 16.7. The molecule has 0 saturated heterocycles. The van der Waals surface area contributed by atoms with Crippen molar-refractivity contribution in [2.45, 2.75) is 41.0 Å². The van der Waals surface area contributed by atoms with Gasteiger partial charge in [-0.05, 0) is 30.4 Å². The fourth-order valence-electron chi connectivity index (χ4n) is 2.30. The van der Waals surface area contributed by atoms with Crippen LogP contribution in [0.2, 0.25) is 0 Å². The predicted octanol–water partition coefficient (Wildman–Crippen LogP) is 4.18. The van der Waals surface area contributed by atoms with Crippen molar-refractivity contribution in [1.82, 2.24) is 0 Å². The van der Waals surface area contributed by atoms with Gasteiger partial charge in [-0.2, -0.15) is 0 Å². The molecular formula is C17H30N2O. The van der Waals surface area contributed by atoms with Gasteiger partial charge in [-0.15, -0.1) is 0 Å². The van der Waals surface area contributed by atoms with Crippen molar-refractivity contribution in [1.29, 1.82) is 0 Å². The Labute approximate surface area is 124 Å². The van der Waals surface area contributed by atoms with E-state index in [0.717, 1.165) is 36.6 Å². The number of hydrogen-bond acceptors (Lipinski definition) is 3. The molecule has 0 heterocycles. The van der Waals surface area contributed by atoms with E-state index >= 15 is 0 Å². The first-order valence-electron chi connectivity index (χ1n) is 7.71. The molecule has 3 nitrogen and oxygen atoms in total. The average molecular weight is 278 g/mol. The van der Waals surface area contributed by atoms with Crippen molar-refractivity contribution < 1.29 is 4.74 Å². The number of nitrogens with zero attached hydrogens (tertiary/aromatic N) is 1. The molecule has 0 radical (unpaired) electrons. The highest BCUT2D eigenvalue weighted by Crippen LogP contribution is 2.33. The summed E-state index contributed by atoms with van der Waals surface area (Å²) in [6.45, 7) is 13.8. The minimum atomic E-state index is 0.605. The molecule has 0 amide bonds. The molecule has 0 fully saturated rings. The van der Waals surface area contributed by atoms with E-state index in [0.29, 0.717) is 18.4 Å². The van der Waals surface area contributed by atoms with Gasteiger partial charge in [0.25, 0.3) is 0 Å². The van der Waals surface area contributed by atoms with Gasteiger partial charge in [-0.25, -0.2) is 0 Å². The summed E-state index contributed by atoms with van der Waals surface area (Å²) in [6, 6.07) is 6.08. The molecule has 0 bridgehead atoms. The Morgan fingerprint density at radius 1 is 1.10 bits per heavy atom. The van der Waals surface area contributed by atoms with Gasteiger partial charge in [0.05, 0.1) is 18.0 Å². The van der Waals surface area contributed by atoms with Gasteiger partial charge in [0.15, 0.2) is 0 Å². The maximum atomic E-state index is 6.31. The summed E-state index contributed by atoms with van der Waals surface area (Å²) in [6.07, 6.45) is 0.991. The highest BCUT2D eigenvalue weighted by atomic mass is 16.5. The Bertz CT molecular complexity index is 392. The van der Waals surface area contributed by atoms with Crippen LogP contribution in [0.25, 0.3) is 0 Å². The van der Waals surface area contributed by atoms with Crippen molar-refractivity contribution in [3.63, 3.8) is 0 Å². The highest BCUT2D eigenvalue weighted by molar-refractivity contribution is 5.74. The van der Waals surface area contributed by atoms with Crippen LogP contribution in [0, 0.1) is 11.8 Å². The van der Waals surface area contributed by atoms with E-state index < -0.39 is 0 Å². The molecule has 3 heteroatoms. The molecule has 0 aliphatic rings. The van der Waals surface area contributed by atoms with Crippen LogP contribution in [0.4, 0.5) is 11.4 Å². The van der Waals surface area contributed by atoms with Gasteiger partial charge in [0.1, 0.15) is 5.75 Å². The van der Waals surface area contributed by atoms with Crippen LogP contribution in [0.5, 0.6) is 5.75 Å². The average Bonchev–Trinajstić information content (AvgIpc) is 2.35. The summed E-state index contributed by atoms with van der Waals surface area (Å²) in [7, 11) is 0. The number of benzene rings is 1. The molecule has 0 unspecified atom stereocenters. The number of nitrogen functional groups attached to an aromatic ring is 1. The first-order chi connectivity index (χ1) is 9.45. The molecule has 1 aromatic rings. The molecule has 0 saturated carbocycles. The molecule has 1 rings (SSSR count). The van der Waals surface area contributed by atoms with E-state index in [2.05, 4.69) is 45.6 Å². The van der Waals surface area contributed by atoms with Crippen LogP contribution >= 0.6 is 0 Å². The van der Waals surface area contributed by atoms with Crippen LogP contribution < -0.4 is 15.4 Å². The Balaban J connectivity index is 2.99. The summed E-state index contributed by atoms with van der Waals surface area (Å²) in [5.74, 6) is 2.02. The number of ether oxygens (including phenoxy) is 1. The second kappa shape index (κ2) is 8.03. The maximum Gasteiger partial charge on any atom is 0.144 e. The SMILES string of the molecule is CCCOc1cccc(N(CC(C)C)CC(C)C)c1N. The summed E-state index contributed by atoms with van der Waals surface area (Å²) in [5.41, 5.74) is 8.17. The summed E-state index contributed by atoms with van der Waals surface area (Å²) in [5, 5.41) is 0. The van der Waals surface area contributed by atoms with E-state index in [1.165, 1.54) is 0 Å². The molecule has 0 aliphatic carbocycles. The van der Waals surface area contributed by atoms with Gasteiger partial charge >= 0.3 is 0 Å². The molecule has 0 aromatic heterocycles. The Kier molecular flexibility index (Phi) is 6.69. The number of rotatable bonds is 8. The zero-order valence-corrected chi connectivity index (χ0v) is 13.6. The highest BCUT2D eigenvalue weighted by Gasteiger charge is 2.15. The summed E-state index contributed by atoms with van der Waals surface area (Å²) in [4.78, 5) is 2.38. The van der Waals surface area contributed by atoms with Gasteiger partial charge in [0, 0.05) is 13.1 Å². The molecule has 114 valence electrons. The smallest absolute Gasteiger partial charge is 0.144 e. The van der Waals surface area contributed by atoms with Crippen LogP contribution in [-0.2, 0) is 0 Å². The fraction of sp³-hybridized carbons (Fsp3) is 0.647. The lowest BCUT2D eigenvalue weighted by Gasteiger charge is -2.30. The first-order valence-corrected chi connectivity index (χ1v) is 7.71. The molecule has 1 aromatic carbocycles. The van der Waals surface area contributed by atoms with Crippen molar-refractivity contribution in [3.05, 3.63) is 18.2 Å². The Hall–Kier alpha value is -1.38. The summed E-state index contributed by atoms with van der Waals surface area (Å²) >= 11 is 0. The van der Waals surface area contributed by atoms with Gasteiger partial charge in [-0.1, -0.05) is 40.7 Å². The molecule has 0 spiro atoms. The Morgan fingerprint density at radius 2 is 1.70 bits per heavy atom.